The van der Waals surface area contributed by atoms with Crippen LogP contribution in [-0.4, -0.2) is 19.9 Å². The van der Waals surface area contributed by atoms with Crippen LogP contribution in [0.4, 0.5) is 24.0 Å². The lowest BCUT2D eigenvalue weighted by Crippen LogP contribution is -2.04. The lowest BCUT2D eigenvalue weighted by Gasteiger charge is -2.07. The first-order chi connectivity index (χ1) is 15.0. The van der Waals surface area contributed by atoms with E-state index >= 15 is 0 Å². The molecular formula is C22H14F3N5S. The Morgan fingerprint density at radius 3 is 2.61 bits per heavy atom. The van der Waals surface area contributed by atoms with Crippen LogP contribution in [0.15, 0.2) is 72.4 Å². The summed E-state index contributed by atoms with van der Waals surface area (Å²) in [7, 11) is 0. The molecule has 0 aliphatic heterocycles. The summed E-state index contributed by atoms with van der Waals surface area (Å²) in [5.74, 6) is 0.381. The van der Waals surface area contributed by atoms with Crippen molar-refractivity contribution in [2.45, 2.75) is 6.18 Å². The molecule has 0 spiro atoms. The average molecular weight is 437 g/mol. The smallest absolute Gasteiger partial charge is 0.338 e. The summed E-state index contributed by atoms with van der Waals surface area (Å²) in [6.45, 7) is 0. The van der Waals surface area contributed by atoms with Gasteiger partial charge in [-0.15, -0.1) is 11.3 Å². The van der Waals surface area contributed by atoms with Gasteiger partial charge in [0.1, 0.15) is 5.82 Å². The molecule has 2 aromatic carbocycles. The van der Waals surface area contributed by atoms with E-state index in [0.717, 1.165) is 34.2 Å². The van der Waals surface area contributed by atoms with E-state index in [1.807, 2.05) is 29.6 Å². The Bertz CT molecular complexity index is 1360. The highest BCUT2D eigenvalue weighted by Gasteiger charge is 2.30. The van der Waals surface area contributed by atoms with Crippen LogP contribution in [-0.2, 0) is 6.18 Å². The van der Waals surface area contributed by atoms with E-state index < -0.39 is 11.7 Å². The largest absolute Gasteiger partial charge is 0.416 e. The van der Waals surface area contributed by atoms with Crippen molar-refractivity contribution in [1.29, 1.82) is 0 Å². The van der Waals surface area contributed by atoms with Crippen LogP contribution < -0.4 is 5.32 Å². The molecule has 0 amide bonds. The van der Waals surface area contributed by atoms with Crippen LogP contribution in [0, 0.1) is 0 Å². The van der Waals surface area contributed by atoms with Crippen molar-refractivity contribution in [2.24, 2.45) is 0 Å². The first-order valence-electron chi connectivity index (χ1n) is 9.26. The highest BCUT2D eigenvalue weighted by molar-refractivity contribution is 7.14. The van der Waals surface area contributed by atoms with Crippen molar-refractivity contribution >= 4 is 33.2 Å². The Morgan fingerprint density at radius 1 is 0.935 bits per heavy atom. The van der Waals surface area contributed by atoms with E-state index in [1.54, 1.807) is 24.5 Å². The zero-order valence-electron chi connectivity index (χ0n) is 15.8. The summed E-state index contributed by atoms with van der Waals surface area (Å²) in [6, 6.07) is 14.4. The van der Waals surface area contributed by atoms with Gasteiger partial charge in [0.2, 0.25) is 0 Å². The summed E-state index contributed by atoms with van der Waals surface area (Å²) in [6.07, 6.45) is -0.936. The molecule has 0 fully saturated rings. The number of fused-ring (bicyclic) bond motifs is 1. The zero-order valence-corrected chi connectivity index (χ0v) is 16.6. The van der Waals surface area contributed by atoms with Gasteiger partial charge in [0, 0.05) is 34.6 Å². The SMILES string of the molecule is FC(F)(F)c1cccc(-c2nc3ccc(Nc4nc(-c5cccnc5)cs4)cc3[nH]2)c1. The molecule has 0 saturated heterocycles. The van der Waals surface area contributed by atoms with Crippen LogP contribution in [0.5, 0.6) is 0 Å². The minimum atomic E-state index is -4.40. The van der Waals surface area contributed by atoms with E-state index in [2.05, 4.69) is 25.3 Å². The molecule has 0 atom stereocenters. The van der Waals surface area contributed by atoms with Gasteiger partial charge >= 0.3 is 6.18 Å². The fourth-order valence-corrected chi connectivity index (χ4v) is 3.91. The molecule has 0 saturated carbocycles. The number of anilines is 2. The first kappa shape index (κ1) is 19.3. The van der Waals surface area contributed by atoms with E-state index in [9.17, 15) is 13.2 Å². The van der Waals surface area contributed by atoms with Crippen molar-refractivity contribution in [2.75, 3.05) is 5.32 Å². The first-order valence-corrected chi connectivity index (χ1v) is 10.1. The minimum absolute atomic E-state index is 0.376. The minimum Gasteiger partial charge on any atom is -0.338 e. The van der Waals surface area contributed by atoms with Crippen molar-refractivity contribution < 1.29 is 13.2 Å². The van der Waals surface area contributed by atoms with Gasteiger partial charge in [-0.2, -0.15) is 13.2 Å². The maximum atomic E-state index is 13.0. The number of nitrogens with zero attached hydrogens (tertiary/aromatic N) is 3. The Hall–Kier alpha value is -3.72. The van der Waals surface area contributed by atoms with Gasteiger partial charge in [-0.25, -0.2) is 9.97 Å². The van der Waals surface area contributed by atoms with E-state index in [4.69, 9.17) is 0 Å². The number of thiazole rings is 1. The summed E-state index contributed by atoms with van der Waals surface area (Å²) < 4.78 is 39.0. The second-order valence-corrected chi connectivity index (χ2v) is 7.66. The fraction of sp³-hybridized carbons (Fsp3) is 0.0455. The molecule has 5 aromatic rings. The number of hydrogen-bond acceptors (Lipinski definition) is 5. The van der Waals surface area contributed by atoms with Crippen LogP contribution in [0.1, 0.15) is 5.56 Å². The van der Waals surface area contributed by atoms with Gasteiger partial charge < -0.3 is 10.3 Å². The molecule has 0 unspecified atom stereocenters. The standard InChI is InChI=1S/C22H14F3N5S/c23-22(24,25)15-5-1-3-13(9-15)20-28-17-7-6-16(10-18(17)29-20)27-21-30-19(12-31-21)14-4-2-8-26-11-14/h1-12H,(H,27,30)(H,28,29). The molecule has 0 aliphatic rings. The zero-order chi connectivity index (χ0) is 21.4. The third-order valence-electron chi connectivity index (χ3n) is 4.66. The van der Waals surface area contributed by atoms with Crippen LogP contribution in [0.3, 0.4) is 0 Å². The number of pyridine rings is 1. The van der Waals surface area contributed by atoms with Gasteiger partial charge in [-0.3, -0.25) is 4.98 Å². The lowest BCUT2D eigenvalue weighted by atomic mass is 10.1. The number of halogens is 3. The van der Waals surface area contributed by atoms with Gasteiger partial charge in [-0.05, 0) is 42.5 Å². The quantitative estimate of drug-likeness (QED) is 0.336. The number of rotatable bonds is 4. The average Bonchev–Trinajstić information content (AvgIpc) is 3.41. The summed E-state index contributed by atoms with van der Waals surface area (Å²) in [5.41, 5.74) is 3.59. The third-order valence-corrected chi connectivity index (χ3v) is 5.42. The number of aromatic nitrogens is 4. The monoisotopic (exact) mass is 437 g/mol. The summed E-state index contributed by atoms with van der Waals surface area (Å²) in [5, 5.41) is 5.92. The lowest BCUT2D eigenvalue weighted by molar-refractivity contribution is -0.137. The topological polar surface area (TPSA) is 66.5 Å². The number of nitrogens with one attached hydrogen (secondary N) is 2. The Morgan fingerprint density at radius 2 is 1.81 bits per heavy atom. The normalized spacial score (nSPS) is 11.7. The molecular weight excluding hydrogens is 423 g/mol. The van der Waals surface area contributed by atoms with Crippen LogP contribution in [0.2, 0.25) is 0 Å². The molecule has 3 aromatic heterocycles. The summed E-state index contributed by atoms with van der Waals surface area (Å²) >= 11 is 1.47. The number of alkyl halides is 3. The number of imidazole rings is 1. The molecule has 9 heteroatoms. The highest BCUT2D eigenvalue weighted by atomic mass is 32.1. The van der Waals surface area contributed by atoms with E-state index in [-0.39, 0.29) is 0 Å². The van der Waals surface area contributed by atoms with Crippen LogP contribution >= 0.6 is 11.3 Å². The molecule has 154 valence electrons. The molecule has 5 rings (SSSR count). The van der Waals surface area contributed by atoms with Gasteiger partial charge in [-0.1, -0.05) is 12.1 Å². The van der Waals surface area contributed by atoms with E-state index in [0.29, 0.717) is 22.4 Å². The third kappa shape index (κ3) is 3.99. The molecule has 2 N–H and O–H groups in total. The molecule has 3 heterocycles. The van der Waals surface area contributed by atoms with E-state index in [1.165, 1.54) is 17.4 Å². The molecule has 31 heavy (non-hydrogen) atoms. The van der Waals surface area contributed by atoms with Gasteiger partial charge in [0.05, 0.1) is 22.3 Å². The number of H-pyrrole nitrogens is 1. The maximum absolute atomic E-state index is 13.0. The number of hydrogen-bond donors (Lipinski definition) is 2. The Balaban J connectivity index is 1.41. The number of aromatic amines is 1. The van der Waals surface area contributed by atoms with Crippen LogP contribution in [0.25, 0.3) is 33.7 Å². The fourth-order valence-electron chi connectivity index (χ4n) is 3.17. The van der Waals surface area contributed by atoms with Crippen molar-refractivity contribution in [3.05, 3.63) is 77.9 Å². The predicted molar refractivity (Wildman–Crippen MR) is 115 cm³/mol. The second-order valence-electron chi connectivity index (χ2n) is 6.80. The van der Waals surface area contributed by atoms with Crippen molar-refractivity contribution in [3.8, 4) is 22.6 Å². The second kappa shape index (κ2) is 7.51. The molecule has 0 aliphatic carbocycles. The Labute approximate surface area is 178 Å². The molecule has 0 bridgehead atoms. The number of benzene rings is 2. The maximum Gasteiger partial charge on any atom is 0.416 e. The Kier molecular flexibility index (Phi) is 4.67. The van der Waals surface area contributed by atoms with Crippen molar-refractivity contribution in [3.63, 3.8) is 0 Å². The van der Waals surface area contributed by atoms with Gasteiger partial charge in [0.15, 0.2) is 5.13 Å². The van der Waals surface area contributed by atoms with Crippen molar-refractivity contribution in [1.82, 2.24) is 19.9 Å². The highest BCUT2D eigenvalue weighted by Crippen LogP contribution is 2.33. The molecule has 0 radical (unpaired) electrons. The molecule has 5 nitrogen and oxygen atoms in total. The summed E-state index contributed by atoms with van der Waals surface area (Å²) in [4.78, 5) is 16.2. The predicted octanol–water partition coefficient (Wildman–Crippen LogP) is 6.51. The van der Waals surface area contributed by atoms with Gasteiger partial charge in [0.25, 0.3) is 0 Å².